The van der Waals surface area contributed by atoms with Gasteiger partial charge in [0.2, 0.25) is 5.52 Å². The molecule has 0 spiro atoms. The molecule has 1 aliphatic heterocycles. The predicted octanol–water partition coefficient (Wildman–Crippen LogP) is 3.46. The summed E-state index contributed by atoms with van der Waals surface area (Å²) >= 11 is 0. The van der Waals surface area contributed by atoms with Crippen LogP contribution in [0.2, 0.25) is 0 Å². The third kappa shape index (κ3) is 2.74. The molecule has 0 N–H and O–H groups in total. The van der Waals surface area contributed by atoms with Crippen molar-refractivity contribution in [1.29, 1.82) is 0 Å². The van der Waals surface area contributed by atoms with Crippen LogP contribution in [0.3, 0.4) is 0 Å². The third-order valence-corrected chi connectivity index (χ3v) is 4.86. The maximum Gasteiger partial charge on any atom is 0.213 e. The summed E-state index contributed by atoms with van der Waals surface area (Å²) in [5, 5.41) is 8.06. The Hall–Kier alpha value is -2.88. The lowest BCUT2D eigenvalue weighted by Gasteiger charge is -2.18. The quantitative estimate of drug-likeness (QED) is 0.543. The van der Waals surface area contributed by atoms with Crippen molar-refractivity contribution >= 4 is 22.8 Å². The topological polar surface area (TPSA) is 28.7 Å². The molecule has 2 aromatic carbocycles. The Morgan fingerprint density at radius 3 is 2.88 bits per heavy atom. The number of hydrogen-bond donors (Lipinski definition) is 0. The molecule has 1 aromatic heterocycles. The molecule has 0 bridgehead atoms. The van der Waals surface area contributed by atoms with Crippen molar-refractivity contribution in [3.05, 3.63) is 65.9 Å². The summed E-state index contributed by atoms with van der Waals surface area (Å²) in [6.45, 7) is 2.21. The SMILES string of the molecule is COc1ccc2c(c1)c(C=NN1c3ccccc3CC1C)cc[n+]2C. The van der Waals surface area contributed by atoms with Gasteiger partial charge < -0.3 is 4.74 Å². The molecule has 2 heterocycles. The van der Waals surface area contributed by atoms with Crippen LogP contribution in [0.5, 0.6) is 5.75 Å². The van der Waals surface area contributed by atoms with Gasteiger partial charge in [-0.2, -0.15) is 5.10 Å². The van der Waals surface area contributed by atoms with Crippen molar-refractivity contribution in [2.75, 3.05) is 12.1 Å². The number of pyridine rings is 1. The second-order valence-corrected chi connectivity index (χ2v) is 6.54. The van der Waals surface area contributed by atoms with Gasteiger partial charge in [-0.3, -0.25) is 5.01 Å². The number of nitrogens with zero attached hydrogens (tertiary/aromatic N) is 3. The van der Waals surface area contributed by atoms with E-state index in [4.69, 9.17) is 9.84 Å². The van der Waals surface area contributed by atoms with Crippen molar-refractivity contribution in [2.45, 2.75) is 19.4 Å². The summed E-state index contributed by atoms with van der Waals surface area (Å²) in [5.74, 6) is 0.855. The van der Waals surface area contributed by atoms with Crippen LogP contribution in [0.25, 0.3) is 10.9 Å². The number of aromatic nitrogens is 1. The highest BCUT2D eigenvalue weighted by atomic mass is 16.5. The minimum absolute atomic E-state index is 0.370. The van der Waals surface area contributed by atoms with Crippen LogP contribution in [0.4, 0.5) is 5.69 Å². The van der Waals surface area contributed by atoms with E-state index in [1.807, 2.05) is 12.3 Å². The summed E-state index contributed by atoms with van der Waals surface area (Å²) in [6.07, 6.45) is 5.06. The maximum atomic E-state index is 5.39. The summed E-state index contributed by atoms with van der Waals surface area (Å²) in [7, 11) is 3.75. The number of ether oxygens (including phenoxy) is 1. The minimum Gasteiger partial charge on any atom is -0.497 e. The van der Waals surface area contributed by atoms with E-state index in [9.17, 15) is 0 Å². The van der Waals surface area contributed by atoms with Crippen LogP contribution < -0.4 is 14.3 Å². The van der Waals surface area contributed by atoms with E-state index in [-0.39, 0.29) is 0 Å². The Morgan fingerprint density at radius 2 is 2.04 bits per heavy atom. The normalized spacial score (nSPS) is 16.6. The highest BCUT2D eigenvalue weighted by Gasteiger charge is 2.25. The van der Waals surface area contributed by atoms with Gasteiger partial charge in [-0.25, -0.2) is 4.57 Å². The van der Waals surface area contributed by atoms with E-state index in [0.29, 0.717) is 6.04 Å². The molecule has 0 amide bonds. The number of hydrazone groups is 1. The Kier molecular flexibility index (Phi) is 3.88. The van der Waals surface area contributed by atoms with Gasteiger partial charge in [0.05, 0.1) is 30.4 Å². The van der Waals surface area contributed by atoms with Crippen molar-refractivity contribution in [3.8, 4) is 5.75 Å². The fourth-order valence-corrected chi connectivity index (χ4v) is 3.51. The lowest BCUT2D eigenvalue weighted by atomic mass is 10.1. The standard InChI is InChI=1S/C21H22N3O/c1-15-12-16-6-4-5-7-20(16)24(15)22-14-17-10-11-23(2)21-9-8-18(25-3)13-19(17)21/h4-11,13-15H,12H2,1-3H3/q+1. The highest BCUT2D eigenvalue weighted by molar-refractivity contribution is 5.97. The van der Waals surface area contributed by atoms with Crippen molar-refractivity contribution in [2.24, 2.45) is 12.1 Å². The predicted molar refractivity (Wildman–Crippen MR) is 101 cm³/mol. The number of para-hydroxylation sites is 1. The van der Waals surface area contributed by atoms with Crippen LogP contribution >= 0.6 is 0 Å². The molecule has 4 rings (SSSR count). The molecular formula is C21H22N3O+. The summed E-state index contributed by atoms with van der Waals surface area (Å²) < 4.78 is 7.51. The van der Waals surface area contributed by atoms with Crippen LogP contribution in [0, 0.1) is 0 Å². The van der Waals surface area contributed by atoms with Gasteiger partial charge in [-0.15, -0.1) is 0 Å². The first kappa shape index (κ1) is 15.6. The fraction of sp³-hybridized carbons (Fsp3) is 0.238. The molecule has 3 aromatic rings. The van der Waals surface area contributed by atoms with Crippen molar-refractivity contribution in [1.82, 2.24) is 0 Å². The van der Waals surface area contributed by atoms with Crippen LogP contribution in [-0.4, -0.2) is 19.4 Å². The van der Waals surface area contributed by atoms with E-state index in [0.717, 1.165) is 28.6 Å². The van der Waals surface area contributed by atoms with Crippen LogP contribution in [-0.2, 0) is 13.5 Å². The number of aryl methyl sites for hydroxylation is 1. The van der Waals surface area contributed by atoms with Crippen LogP contribution in [0.15, 0.2) is 59.8 Å². The minimum atomic E-state index is 0.370. The van der Waals surface area contributed by atoms with Gasteiger partial charge in [0.15, 0.2) is 6.20 Å². The summed E-state index contributed by atoms with van der Waals surface area (Å²) in [6, 6.07) is 17.1. The van der Waals surface area contributed by atoms with Crippen molar-refractivity contribution < 1.29 is 9.30 Å². The molecule has 1 aliphatic rings. The maximum absolute atomic E-state index is 5.39. The Morgan fingerprint density at radius 1 is 1.20 bits per heavy atom. The lowest BCUT2D eigenvalue weighted by Crippen LogP contribution is -2.28. The fourth-order valence-electron chi connectivity index (χ4n) is 3.51. The zero-order valence-electron chi connectivity index (χ0n) is 14.8. The van der Waals surface area contributed by atoms with E-state index in [1.54, 1.807) is 7.11 Å². The first-order chi connectivity index (χ1) is 12.2. The molecule has 1 unspecified atom stereocenters. The number of benzene rings is 2. The lowest BCUT2D eigenvalue weighted by molar-refractivity contribution is -0.644. The first-order valence-corrected chi connectivity index (χ1v) is 8.55. The average molecular weight is 332 g/mol. The van der Waals surface area contributed by atoms with Crippen LogP contribution in [0.1, 0.15) is 18.1 Å². The number of hydrogen-bond acceptors (Lipinski definition) is 3. The van der Waals surface area contributed by atoms with E-state index >= 15 is 0 Å². The number of rotatable bonds is 3. The molecule has 0 radical (unpaired) electrons. The van der Waals surface area contributed by atoms with E-state index in [2.05, 4.69) is 72.2 Å². The van der Waals surface area contributed by atoms with Gasteiger partial charge >= 0.3 is 0 Å². The van der Waals surface area contributed by atoms with Gasteiger partial charge in [0.25, 0.3) is 0 Å². The highest BCUT2D eigenvalue weighted by Crippen LogP contribution is 2.32. The monoisotopic (exact) mass is 332 g/mol. The van der Waals surface area contributed by atoms with Gasteiger partial charge in [0, 0.05) is 17.7 Å². The largest absolute Gasteiger partial charge is 0.497 e. The number of anilines is 1. The first-order valence-electron chi connectivity index (χ1n) is 8.55. The molecule has 4 nitrogen and oxygen atoms in total. The van der Waals surface area contributed by atoms with E-state index in [1.165, 1.54) is 11.3 Å². The molecule has 0 saturated carbocycles. The van der Waals surface area contributed by atoms with Gasteiger partial charge in [0.1, 0.15) is 12.8 Å². The smallest absolute Gasteiger partial charge is 0.213 e. The third-order valence-electron chi connectivity index (χ3n) is 4.86. The number of methoxy groups -OCH3 is 1. The zero-order valence-corrected chi connectivity index (χ0v) is 14.8. The Bertz CT molecular complexity index is 965. The summed E-state index contributed by atoms with van der Waals surface area (Å²) in [5.41, 5.74) is 4.80. The Labute approximate surface area is 148 Å². The molecule has 25 heavy (non-hydrogen) atoms. The molecule has 0 aliphatic carbocycles. The second kappa shape index (κ2) is 6.20. The molecule has 0 fully saturated rings. The molecule has 126 valence electrons. The average Bonchev–Trinajstić information content (AvgIpc) is 2.96. The Balaban J connectivity index is 1.76. The zero-order chi connectivity index (χ0) is 17.4. The van der Waals surface area contributed by atoms with Gasteiger partial charge in [-0.1, -0.05) is 18.2 Å². The second-order valence-electron chi connectivity index (χ2n) is 6.54. The molecule has 4 heteroatoms. The summed E-state index contributed by atoms with van der Waals surface area (Å²) in [4.78, 5) is 0. The molecule has 1 atom stereocenters. The van der Waals surface area contributed by atoms with Crippen molar-refractivity contribution in [3.63, 3.8) is 0 Å². The number of fused-ring (bicyclic) bond motifs is 2. The van der Waals surface area contributed by atoms with E-state index < -0.39 is 0 Å². The van der Waals surface area contributed by atoms with Gasteiger partial charge in [-0.05, 0) is 37.1 Å². The molecule has 0 saturated heterocycles. The molecular weight excluding hydrogens is 310 g/mol.